The second-order valence-corrected chi connectivity index (χ2v) is 4.78. The zero-order chi connectivity index (χ0) is 14.6. The molecule has 0 saturated carbocycles. The number of hydrogen-bond donors (Lipinski definition) is 1. The van der Waals surface area contributed by atoms with Gasteiger partial charge in [-0.2, -0.15) is 0 Å². The van der Waals surface area contributed by atoms with Crippen molar-refractivity contribution in [3.05, 3.63) is 52.8 Å². The minimum atomic E-state index is -4.71. The fraction of sp³-hybridized carbons (Fsp3) is 0.154. The van der Waals surface area contributed by atoms with Crippen molar-refractivity contribution < 1.29 is 17.9 Å². The van der Waals surface area contributed by atoms with Gasteiger partial charge in [0.05, 0.1) is 17.9 Å². The van der Waals surface area contributed by atoms with E-state index >= 15 is 0 Å². The van der Waals surface area contributed by atoms with Crippen molar-refractivity contribution in [3.8, 4) is 5.75 Å². The average Bonchev–Trinajstić information content (AvgIpc) is 2.38. The van der Waals surface area contributed by atoms with E-state index in [0.717, 1.165) is 4.47 Å². The van der Waals surface area contributed by atoms with Gasteiger partial charge in [0.15, 0.2) is 5.75 Å². The third-order valence-electron chi connectivity index (χ3n) is 2.36. The molecule has 2 aromatic rings. The summed E-state index contributed by atoms with van der Waals surface area (Å²) < 4.78 is 41.6. The number of alkyl halides is 3. The molecular formula is C13H10BrF3N2O. The maximum Gasteiger partial charge on any atom is 0.573 e. The Labute approximate surface area is 121 Å². The molecule has 106 valence electrons. The van der Waals surface area contributed by atoms with Gasteiger partial charge in [-0.3, -0.25) is 4.98 Å². The normalized spacial score (nSPS) is 11.2. The summed E-state index contributed by atoms with van der Waals surface area (Å²) in [6, 6.07) is 9.45. The number of para-hydroxylation sites is 2. The van der Waals surface area contributed by atoms with Crippen molar-refractivity contribution in [2.24, 2.45) is 0 Å². The van der Waals surface area contributed by atoms with Crippen LogP contribution in [0.25, 0.3) is 0 Å². The maximum absolute atomic E-state index is 12.3. The molecule has 2 rings (SSSR count). The fourth-order valence-corrected chi connectivity index (χ4v) is 1.76. The smallest absolute Gasteiger partial charge is 0.404 e. The van der Waals surface area contributed by atoms with Gasteiger partial charge in [0.2, 0.25) is 0 Å². The Hall–Kier alpha value is -1.76. The van der Waals surface area contributed by atoms with Gasteiger partial charge in [-0.1, -0.05) is 12.1 Å². The van der Waals surface area contributed by atoms with E-state index in [1.54, 1.807) is 18.3 Å². The van der Waals surface area contributed by atoms with E-state index in [4.69, 9.17) is 0 Å². The van der Waals surface area contributed by atoms with Gasteiger partial charge in [-0.15, -0.1) is 13.2 Å². The molecular weight excluding hydrogens is 337 g/mol. The molecule has 1 heterocycles. The van der Waals surface area contributed by atoms with E-state index in [1.165, 1.54) is 18.2 Å². The van der Waals surface area contributed by atoms with Crippen molar-refractivity contribution in [3.63, 3.8) is 0 Å². The number of benzene rings is 1. The average molecular weight is 347 g/mol. The molecule has 0 aliphatic carbocycles. The number of rotatable bonds is 4. The van der Waals surface area contributed by atoms with Crippen LogP contribution in [0.2, 0.25) is 0 Å². The topological polar surface area (TPSA) is 34.1 Å². The lowest BCUT2D eigenvalue weighted by atomic mass is 10.2. The quantitative estimate of drug-likeness (QED) is 0.893. The summed E-state index contributed by atoms with van der Waals surface area (Å²) >= 11 is 3.26. The Kier molecular flexibility index (Phi) is 4.49. The molecule has 0 radical (unpaired) electrons. The lowest BCUT2D eigenvalue weighted by Crippen LogP contribution is -2.18. The van der Waals surface area contributed by atoms with Crippen LogP contribution in [0.15, 0.2) is 47.1 Å². The molecule has 1 N–H and O–H groups in total. The molecule has 7 heteroatoms. The molecule has 0 aliphatic rings. The predicted molar refractivity (Wildman–Crippen MR) is 72.4 cm³/mol. The van der Waals surface area contributed by atoms with Crippen LogP contribution in [-0.2, 0) is 6.54 Å². The Morgan fingerprint density at radius 2 is 1.90 bits per heavy atom. The highest BCUT2D eigenvalue weighted by atomic mass is 79.9. The Morgan fingerprint density at radius 3 is 2.55 bits per heavy atom. The first-order valence-electron chi connectivity index (χ1n) is 5.63. The standard InChI is InChI=1S/C13H10BrF3N2O/c14-9-5-6-10(18-7-9)8-19-11-3-1-2-4-12(11)20-13(15,16)17/h1-7,19H,8H2. The highest BCUT2D eigenvalue weighted by Gasteiger charge is 2.32. The molecule has 0 atom stereocenters. The molecule has 0 amide bonds. The van der Waals surface area contributed by atoms with Crippen LogP contribution >= 0.6 is 15.9 Å². The summed E-state index contributed by atoms with van der Waals surface area (Å²) in [6.07, 6.45) is -3.09. The van der Waals surface area contributed by atoms with Crippen molar-refractivity contribution in [2.75, 3.05) is 5.32 Å². The molecule has 0 saturated heterocycles. The zero-order valence-corrected chi connectivity index (χ0v) is 11.7. The summed E-state index contributed by atoms with van der Waals surface area (Å²) in [5.41, 5.74) is 0.963. The first kappa shape index (κ1) is 14.6. The third kappa shape index (κ3) is 4.41. The minimum absolute atomic E-state index is 0.259. The highest BCUT2D eigenvalue weighted by molar-refractivity contribution is 9.10. The number of pyridine rings is 1. The van der Waals surface area contributed by atoms with Crippen molar-refractivity contribution in [2.45, 2.75) is 12.9 Å². The van der Waals surface area contributed by atoms with Crippen LogP contribution in [0.5, 0.6) is 5.75 Å². The Bertz CT molecular complexity index is 573. The summed E-state index contributed by atoms with van der Waals surface area (Å²) in [5.74, 6) is -0.267. The van der Waals surface area contributed by atoms with Crippen LogP contribution < -0.4 is 10.1 Å². The van der Waals surface area contributed by atoms with E-state index in [9.17, 15) is 13.2 Å². The summed E-state index contributed by atoms with van der Waals surface area (Å²) in [5, 5.41) is 2.87. The van der Waals surface area contributed by atoms with Crippen LogP contribution in [0.3, 0.4) is 0 Å². The van der Waals surface area contributed by atoms with E-state index in [2.05, 4.69) is 31.0 Å². The first-order chi connectivity index (χ1) is 9.44. The maximum atomic E-state index is 12.3. The van der Waals surface area contributed by atoms with Crippen molar-refractivity contribution in [1.82, 2.24) is 4.98 Å². The van der Waals surface area contributed by atoms with E-state index < -0.39 is 6.36 Å². The van der Waals surface area contributed by atoms with Crippen LogP contribution in [0.1, 0.15) is 5.69 Å². The van der Waals surface area contributed by atoms with E-state index in [1.807, 2.05) is 6.07 Å². The molecule has 0 aliphatic heterocycles. The van der Waals surface area contributed by atoms with Gasteiger partial charge >= 0.3 is 6.36 Å². The highest BCUT2D eigenvalue weighted by Crippen LogP contribution is 2.30. The number of nitrogens with one attached hydrogen (secondary N) is 1. The van der Waals surface area contributed by atoms with Crippen LogP contribution in [0.4, 0.5) is 18.9 Å². The lowest BCUT2D eigenvalue weighted by Gasteiger charge is -2.14. The number of hydrogen-bond acceptors (Lipinski definition) is 3. The summed E-state index contributed by atoms with van der Waals surface area (Å²) in [7, 11) is 0. The molecule has 3 nitrogen and oxygen atoms in total. The van der Waals surface area contributed by atoms with Crippen LogP contribution in [-0.4, -0.2) is 11.3 Å². The van der Waals surface area contributed by atoms with Crippen molar-refractivity contribution >= 4 is 21.6 Å². The molecule has 0 unspecified atom stereocenters. The SMILES string of the molecule is FC(F)(F)Oc1ccccc1NCc1ccc(Br)cn1. The van der Waals surface area contributed by atoms with E-state index in [0.29, 0.717) is 12.2 Å². The third-order valence-corrected chi connectivity index (χ3v) is 2.83. The van der Waals surface area contributed by atoms with Gasteiger partial charge in [0.25, 0.3) is 0 Å². The van der Waals surface area contributed by atoms with Gasteiger partial charge in [0.1, 0.15) is 0 Å². The Morgan fingerprint density at radius 1 is 1.15 bits per heavy atom. The van der Waals surface area contributed by atoms with Gasteiger partial charge in [0, 0.05) is 10.7 Å². The number of halogens is 4. The molecule has 0 spiro atoms. The van der Waals surface area contributed by atoms with Crippen molar-refractivity contribution in [1.29, 1.82) is 0 Å². The molecule has 1 aromatic carbocycles. The summed E-state index contributed by atoms with van der Waals surface area (Å²) in [4.78, 5) is 4.13. The number of anilines is 1. The second-order valence-electron chi connectivity index (χ2n) is 3.87. The number of nitrogens with zero attached hydrogens (tertiary/aromatic N) is 1. The van der Waals surface area contributed by atoms with Gasteiger partial charge in [-0.25, -0.2) is 0 Å². The van der Waals surface area contributed by atoms with Gasteiger partial charge in [-0.05, 0) is 40.2 Å². The zero-order valence-electron chi connectivity index (χ0n) is 10.1. The lowest BCUT2D eigenvalue weighted by molar-refractivity contribution is -0.274. The predicted octanol–water partition coefficient (Wildman–Crippen LogP) is 4.35. The van der Waals surface area contributed by atoms with E-state index in [-0.39, 0.29) is 11.4 Å². The molecule has 1 aromatic heterocycles. The minimum Gasteiger partial charge on any atom is -0.404 e. The largest absolute Gasteiger partial charge is 0.573 e. The Balaban J connectivity index is 2.07. The molecule has 20 heavy (non-hydrogen) atoms. The number of ether oxygens (including phenoxy) is 1. The fourth-order valence-electron chi connectivity index (χ4n) is 1.52. The molecule has 0 fully saturated rings. The van der Waals surface area contributed by atoms with Gasteiger partial charge < -0.3 is 10.1 Å². The molecule has 0 bridgehead atoms. The second kappa shape index (κ2) is 6.13. The number of aromatic nitrogens is 1. The monoisotopic (exact) mass is 346 g/mol. The summed E-state index contributed by atoms with van der Waals surface area (Å²) in [6.45, 7) is 0.297. The first-order valence-corrected chi connectivity index (χ1v) is 6.42. The van der Waals surface area contributed by atoms with Crippen LogP contribution in [0, 0.1) is 0 Å².